The van der Waals surface area contributed by atoms with Crippen LogP contribution >= 0.6 is 12.2 Å². The average molecular weight is 264 g/mol. The number of carbonyl (C=O) groups excluding carboxylic acids is 1. The predicted octanol–water partition coefficient (Wildman–Crippen LogP) is 1.05. The van der Waals surface area contributed by atoms with Crippen molar-refractivity contribution in [3.05, 3.63) is 29.5 Å². The third-order valence-electron chi connectivity index (χ3n) is 2.45. The standard InChI is InChI=1S/C12H12N2O3S/c1-16-9-5-3-4-7(10(9)17-2)6-8-11(15)14-12(18)13-8/h3-6H,1-2H3,(H2,13,14,15,18)/b8-6-. The van der Waals surface area contributed by atoms with E-state index in [4.69, 9.17) is 21.7 Å². The first kappa shape index (κ1) is 12.4. The maximum atomic E-state index is 11.5. The molecule has 0 radical (unpaired) electrons. The average Bonchev–Trinajstić information content (AvgIpc) is 2.67. The topological polar surface area (TPSA) is 59.6 Å². The summed E-state index contributed by atoms with van der Waals surface area (Å²) in [4.78, 5) is 11.5. The van der Waals surface area contributed by atoms with E-state index in [9.17, 15) is 4.79 Å². The van der Waals surface area contributed by atoms with Gasteiger partial charge in [-0.15, -0.1) is 0 Å². The molecule has 2 rings (SSSR count). The second kappa shape index (κ2) is 5.05. The number of ether oxygens (including phenoxy) is 2. The third-order valence-corrected chi connectivity index (χ3v) is 2.66. The molecule has 94 valence electrons. The Kier molecular flexibility index (Phi) is 3.47. The fourth-order valence-corrected chi connectivity index (χ4v) is 1.87. The molecule has 1 aromatic rings. The summed E-state index contributed by atoms with van der Waals surface area (Å²) in [5, 5.41) is 5.57. The number of rotatable bonds is 3. The Morgan fingerprint density at radius 2 is 2.00 bits per heavy atom. The van der Waals surface area contributed by atoms with Crippen molar-refractivity contribution in [2.24, 2.45) is 0 Å². The summed E-state index contributed by atoms with van der Waals surface area (Å²) in [6.07, 6.45) is 1.66. The van der Waals surface area contributed by atoms with E-state index in [1.54, 1.807) is 26.4 Å². The summed E-state index contributed by atoms with van der Waals surface area (Å²) in [6, 6.07) is 5.43. The van der Waals surface area contributed by atoms with Gasteiger partial charge in [0.05, 0.1) is 14.2 Å². The molecular formula is C12H12N2O3S. The summed E-state index contributed by atoms with van der Waals surface area (Å²) in [5.74, 6) is 0.914. The van der Waals surface area contributed by atoms with Crippen LogP contribution < -0.4 is 20.1 Å². The fraction of sp³-hybridized carbons (Fsp3) is 0.167. The molecule has 2 N–H and O–H groups in total. The van der Waals surface area contributed by atoms with Crippen molar-refractivity contribution < 1.29 is 14.3 Å². The summed E-state index contributed by atoms with van der Waals surface area (Å²) in [6.45, 7) is 0. The van der Waals surface area contributed by atoms with Crippen LogP contribution in [0, 0.1) is 0 Å². The largest absolute Gasteiger partial charge is 0.493 e. The quantitative estimate of drug-likeness (QED) is 0.631. The Bertz CT molecular complexity index is 540. The number of carbonyl (C=O) groups is 1. The first-order valence-corrected chi connectivity index (χ1v) is 5.61. The van der Waals surface area contributed by atoms with Crippen LogP contribution in [0.2, 0.25) is 0 Å². The molecule has 0 bridgehead atoms. The van der Waals surface area contributed by atoms with Crippen molar-refractivity contribution in [3.8, 4) is 11.5 Å². The number of hydrogen-bond acceptors (Lipinski definition) is 4. The zero-order chi connectivity index (χ0) is 13.1. The number of amides is 1. The highest BCUT2D eigenvalue weighted by Gasteiger charge is 2.21. The Hall–Kier alpha value is -2.08. The second-order valence-electron chi connectivity index (χ2n) is 3.55. The number of hydrogen-bond donors (Lipinski definition) is 2. The number of para-hydroxylation sites is 1. The van der Waals surface area contributed by atoms with E-state index >= 15 is 0 Å². The van der Waals surface area contributed by atoms with Gasteiger partial charge in [-0.2, -0.15) is 0 Å². The molecule has 0 aromatic heterocycles. The van der Waals surface area contributed by atoms with E-state index in [0.717, 1.165) is 5.56 Å². The summed E-state index contributed by atoms with van der Waals surface area (Å²) < 4.78 is 10.5. The van der Waals surface area contributed by atoms with E-state index in [1.165, 1.54) is 0 Å². The van der Waals surface area contributed by atoms with Gasteiger partial charge in [0.25, 0.3) is 5.91 Å². The monoisotopic (exact) mass is 264 g/mol. The molecular weight excluding hydrogens is 252 g/mol. The molecule has 0 aliphatic carbocycles. The van der Waals surface area contributed by atoms with Gasteiger partial charge < -0.3 is 14.8 Å². The SMILES string of the molecule is COc1cccc(/C=C2\NC(=S)NC2=O)c1OC. The zero-order valence-electron chi connectivity index (χ0n) is 9.94. The van der Waals surface area contributed by atoms with Crippen LogP contribution in [0.1, 0.15) is 5.56 Å². The second-order valence-corrected chi connectivity index (χ2v) is 3.96. The van der Waals surface area contributed by atoms with Gasteiger partial charge in [0.1, 0.15) is 5.70 Å². The van der Waals surface area contributed by atoms with Gasteiger partial charge in [-0.1, -0.05) is 12.1 Å². The molecule has 6 heteroatoms. The van der Waals surface area contributed by atoms with E-state index in [0.29, 0.717) is 22.3 Å². The van der Waals surface area contributed by atoms with Gasteiger partial charge in [-0.25, -0.2) is 0 Å². The molecule has 1 aliphatic rings. The first-order chi connectivity index (χ1) is 8.65. The molecule has 1 aliphatic heterocycles. The highest BCUT2D eigenvalue weighted by molar-refractivity contribution is 7.80. The van der Waals surface area contributed by atoms with Crippen molar-refractivity contribution in [2.75, 3.05) is 14.2 Å². The number of nitrogens with one attached hydrogen (secondary N) is 2. The molecule has 0 saturated carbocycles. The van der Waals surface area contributed by atoms with Gasteiger partial charge >= 0.3 is 0 Å². The number of methoxy groups -OCH3 is 2. The normalized spacial score (nSPS) is 16.4. The molecule has 0 unspecified atom stereocenters. The Labute approximate surface area is 110 Å². The van der Waals surface area contributed by atoms with Crippen LogP contribution in [0.4, 0.5) is 0 Å². The molecule has 1 saturated heterocycles. The van der Waals surface area contributed by atoms with Gasteiger partial charge in [-0.05, 0) is 24.4 Å². The maximum absolute atomic E-state index is 11.5. The fourth-order valence-electron chi connectivity index (χ4n) is 1.66. The van der Waals surface area contributed by atoms with Gasteiger partial charge in [0.2, 0.25) is 0 Å². The van der Waals surface area contributed by atoms with Gasteiger partial charge in [0, 0.05) is 5.56 Å². The van der Waals surface area contributed by atoms with E-state index in [2.05, 4.69) is 10.6 Å². The van der Waals surface area contributed by atoms with E-state index in [-0.39, 0.29) is 5.91 Å². The Morgan fingerprint density at radius 3 is 2.56 bits per heavy atom. The zero-order valence-corrected chi connectivity index (χ0v) is 10.8. The number of benzene rings is 1. The highest BCUT2D eigenvalue weighted by atomic mass is 32.1. The smallest absolute Gasteiger partial charge is 0.273 e. The minimum absolute atomic E-state index is 0.259. The molecule has 1 aromatic carbocycles. The molecule has 1 fully saturated rings. The van der Waals surface area contributed by atoms with Crippen LogP contribution in [-0.2, 0) is 4.79 Å². The summed E-state index contributed by atoms with van der Waals surface area (Å²) >= 11 is 4.86. The van der Waals surface area contributed by atoms with Crippen LogP contribution in [0.5, 0.6) is 11.5 Å². The predicted molar refractivity (Wildman–Crippen MR) is 71.4 cm³/mol. The van der Waals surface area contributed by atoms with Gasteiger partial charge in [-0.3, -0.25) is 10.1 Å². The van der Waals surface area contributed by atoms with Crippen LogP contribution in [0.3, 0.4) is 0 Å². The first-order valence-electron chi connectivity index (χ1n) is 5.20. The van der Waals surface area contributed by atoms with Gasteiger partial charge in [0.15, 0.2) is 16.6 Å². The van der Waals surface area contributed by atoms with Crippen LogP contribution in [0.15, 0.2) is 23.9 Å². The van der Waals surface area contributed by atoms with Crippen molar-refractivity contribution >= 4 is 29.3 Å². The molecule has 1 amide bonds. The van der Waals surface area contributed by atoms with Crippen LogP contribution in [0.25, 0.3) is 6.08 Å². The molecule has 5 nitrogen and oxygen atoms in total. The molecule has 0 atom stereocenters. The van der Waals surface area contributed by atoms with Crippen molar-refractivity contribution in [2.45, 2.75) is 0 Å². The maximum Gasteiger partial charge on any atom is 0.273 e. The van der Waals surface area contributed by atoms with Crippen molar-refractivity contribution in [1.29, 1.82) is 0 Å². The number of thiocarbonyl (C=S) groups is 1. The summed E-state index contributed by atoms with van der Waals surface area (Å²) in [5.41, 5.74) is 1.12. The van der Waals surface area contributed by atoms with E-state index < -0.39 is 0 Å². The summed E-state index contributed by atoms with van der Waals surface area (Å²) in [7, 11) is 3.11. The minimum atomic E-state index is -0.259. The lowest BCUT2D eigenvalue weighted by Gasteiger charge is -2.10. The van der Waals surface area contributed by atoms with Crippen molar-refractivity contribution in [3.63, 3.8) is 0 Å². The lowest BCUT2D eigenvalue weighted by molar-refractivity contribution is -0.115. The van der Waals surface area contributed by atoms with Crippen LogP contribution in [-0.4, -0.2) is 25.2 Å². The van der Waals surface area contributed by atoms with E-state index in [1.807, 2.05) is 12.1 Å². The molecule has 18 heavy (non-hydrogen) atoms. The Morgan fingerprint density at radius 1 is 1.22 bits per heavy atom. The third kappa shape index (κ3) is 2.28. The highest BCUT2D eigenvalue weighted by Crippen LogP contribution is 2.32. The molecule has 1 heterocycles. The minimum Gasteiger partial charge on any atom is -0.493 e. The Balaban J connectivity index is 2.43. The molecule has 0 spiro atoms. The van der Waals surface area contributed by atoms with Crippen molar-refractivity contribution in [1.82, 2.24) is 10.6 Å². The lowest BCUT2D eigenvalue weighted by Crippen LogP contribution is -2.21. The lowest BCUT2D eigenvalue weighted by atomic mass is 10.1.